The van der Waals surface area contributed by atoms with Gasteiger partial charge in [-0.05, 0) is 36.3 Å². The highest BCUT2D eigenvalue weighted by molar-refractivity contribution is 6.13. The molecule has 6 nitrogen and oxygen atoms in total. The first-order valence-corrected chi connectivity index (χ1v) is 8.23. The number of rotatable bonds is 2. The van der Waals surface area contributed by atoms with Crippen LogP contribution in [0, 0.1) is 28.5 Å². The van der Waals surface area contributed by atoms with E-state index in [0.29, 0.717) is 17.9 Å². The van der Waals surface area contributed by atoms with Gasteiger partial charge in [-0.2, -0.15) is 0 Å². The lowest BCUT2D eigenvalue weighted by molar-refractivity contribution is -0.138. The molecule has 2 aliphatic rings. The fourth-order valence-corrected chi connectivity index (χ4v) is 4.47. The summed E-state index contributed by atoms with van der Waals surface area (Å²) < 4.78 is 14.1. The topological polar surface area (TPSA) is 86.7 Å². The van der Waals surface area contributed by atoms with Gasteiger partial charge in [0.2, 0.25) is 0 Å². The minimum Gasteiger partial charge on any atom is -0.464 e. The molecule has 7 heteroatoms. The molecule has 2 fully saturated rings. The first-order valence-electron chi connectivity index (χ1n) is 8.23. The van der Waals surface area contributed by atoms with E-state index in [1.807, 2.05) is 26.2 Å². The number of hydrogen-bond acceptors (Lipinski definition) is 3. The second kappa shape index (κ2) is 5.54. The predicted molar refractivity (Wildman–Crippen MR) is 88.2 cm³/mol. The summed E-state index contributed by atoms with van der Waals surface area (Å²) in [6, 6.07) is 5.37. The minimum atomic E-state index is -1.50. The number of ketones is 1. The molecule has 0 saturated heterocycles. The molecule has 0 radical (unpaired) electrons. The molecule has 1 aromatic carbocycles. The molecule has 0 spiro atoms. The molecule has 0 aliphatic heterocycles. The first-order chi connectivity index (χ1) is 11.6. The zero-order valence-corrected chi connectivity index (χ0v) is 14.4. The molecule has 2 aliphatic carbocycles. The molecule has 3 atom stereocenters. The van der Waals surface area contributed by atoms with Crippen LogP contribution in [0.5, 0.6) is 0 Å². The van der Waals surface area contributed by atoms with Crippen LogP contribution in [-0.2, 0) is 9.59 Å². The van der Waals surface area contributed by atoms with E-state index in [9.17, 15) is 18.8 Å². The predicted octanol–water partition coefficient (Wildman–Crippen LogP) is 2.98. The van der Waals surface area contributed by atoms with E-state index in [1.54, 1.807) is 0 Å². The quantitative estimate of drug-likeness (QED) is 0.635. The van der Waals surface area contributed by atoms with E-state index in [4.69, 9.17) is 5.11 Å². The number of hydrogen-bond donors (Lipinski definition) is 2. The number of halogens is 1. The summed E-state index contributed by atoms with van der Waals surface area (Å²) in [5, 5.41) is 9.72. The van der Waals surface area contributed by atoms with Gasteiger partial charge in [0.25, 0.3) is 5.91 Å². The Morgan fingerprint density at radius 1 is 1.28 bits per heavy atom. The van der Waals surface area contributed by atoms with Gasteiger partial charge >= 0.3 is 6.09 Å². The van der Waals surface area contributed by atoms with Crippen molar-refractivity contribution in [3.05, 3.63) is 30.1 Å². The van der Waals surface area contributed by atoms with Crippen LogP contribution in [0.15, 0.2) is 24.3 Å². The average molecular weight is 348 g/mol. The fourth-order valence-electron chi connectivity index (χ4n) is 4.47. The van der Waals surface area contributed by atoms with E-state index >= 15 is 0 Å². The van der Waals surface area contributed by atoms with Crippen LogP contribution in [0.2, 0.25) is 0 Å². The van der Waals surface area contributed by atoms with Crippen LogP contribution in [0.1, 0.15) is 33.6 Å². The molecular formula is C18H21FN2O4. The average Bonchev–Trinajstić information content (AvgIpc) is 2.85. The molecule has 2 saturated carbocycles. The standard InChI is InChI=1S/C18H21FN2O4/c1-17(2)10-8-9-18(17,3)14(22)13(10)15(23)21(20-16(24)25)12-7-5-4-6-11(12)19/h4-7,10,13,20H,8-9H2,1-3H3,(H,24,25)/t10-,13?,18+/m0/s1. The van der Waals surface area contributed by atoms with Crippen molar-refractivity contribution < 1.29 is 23.9 Å². The van der Waals surface area contributed by atoms with Crippen LogP contribution in [0.3, 0.4) is 0 Å². The number of carbonyl (C=O) groups excluding carboxylic acids is 2. The van der Waals surface area contributed by atoms with Gasteiger partial charge in [0, 0.05) is 5.41 Å². The van der Waals surface area contributed by atoms with E-state index in [1.165, 1.54) is 18.2 Å². The lowest BCUT2D eigenvalue weighted by Gasteiger charge is -2.32. The molecule has 3 rings (SSSR count). The summed E-state index contributed by atoms with van der Waals surface area (Å²) in [4.78, 5) is 37.1. The van der Waals surface area contributed by atoms with Crippen molar-refractivity contribution in [3.8, 4) is 0 Å². The maximum atomic E-state index is 14.1. The van der Waals surface area contributed by atoms with E-state index in [-0.39, 0.29) is 22.8 Å². The smallest absolute Gasteiger partial charge is 0.424 e. The summed E-state index contributed by atoms with van der Waals surface area (Å²) in [5.74, 6) is -2.82. The Morgan fingerprint density at radius 3 is 2.44 bits per heavy atom. The lowest BCUT2D eigenvalue weighted by Crippen LogP contribution is -2.52. The van der Waals surface area contributed by atoms with Crippen molar-refractivity contribution in [2.45, 2.75) is 33.6 Å². The number of fused-ring (bicyclic) bond motifs is 2. The van der Waals surface area contributed by atoms with Gasteiger partial charge in [-0.1, -0.05) is 32.9 Å². The van der Waals surface area contributed by atoms with Crippen molar-refractivity contribution in [3.63, 3.8) is 0 Å². The van der Waals surface area contributed by atoms with Crippen LogP contribution in [0.4, 0.5) is 14.9 Å². The SMILES string of the molecule is CC1(C)[C@H]2CC[C@]1(C)C(=O)C2C(=O)N(NC(=O)O)c1ccccc1F. The molecule has 134 valence electrons. The Kier molecular flexibility index (Phi) is 3.85. The molecular weight excluding hydrogens is 327 g/mol. The maximum Gasteiger partial charge on any atom is 0.424 e. The Labute approximate surface area is 145 Å². The van der Waals surface area contributed by atoms with Gasteiger partial charge in [-0.3, -0.25) is 9.59 Å². The third kappa shape index (κ3) is 2.33. The number of anilines is 1. The Hall–Kier alpha value is -2.44. The van der Waals surface area contributed by atoms with Crippen molar-refractivity contribution in [2.24, 2.45) is 22.7 Å². The molecule has 1 aromatic rings. The van der Waals surface area contributed by atoms with Crippen LogP contribution in [0.25, 0.3) is 0 Å². The molecule has 0 heterocycles. The van der Waals surface area contributed by atoms with E-state index in [0.717, 1.165) is 6.07 Å². The summed E-state index contributed by atoms with van der Waals surface area (Å²) >= 11 is 0. The largest absolute Gasteiger partial charge is 0.464 e. The summed E-state index contributed by atoms with van der Waals surface area (Å²) in [5.41, 5.74) is 0.738. The van der Waals surface area contributed by atoms with Crippen molar-refractivity contribution >= 4 is 23.5 Å². The van der Waals surface area contributed by atoms with E-state index in [2.05, 4.69) is 0 Å². The third-order valence-electron chi connectivity index (χ3n) is 6.32. The lowest BCUT2D eigenvalue weighted by atomic mass is 9.70. The second-order valence-corrected chi connectivity index (χ2v) is 7.58. The van der Waals surface area contributed by atoms with Crippen LogP contribution in [-0.4, -0.2) is 22.9 Å². The third-order valence-corrected chi connectivity index (χ3v) is 6.32. The highest BCUT2D eigenvalue weighted by atomic mass is 19.1. The molecule has 25 heavy (non-hydrogen) atoms. The normalized spacial score (nSPS) is 29.5. The zero-order chi connectivity index (χ0) is 18.6. The number of nitrogens with one attached hydrogen (secondary N) is 1. The summed E-state index contributed by atoms with van der Waals surface area (Å²) in [6.07, 6.45) is -0.0823. The number of amides is 2. The fraction of sp³-hybridized carbons (Fsp3) is 0.500. The number of nitrogens with zero attached hydrogens (tertiary/aromatic N) is 1. The van der Waals surface area contributed by atoms with Crippen LogP contribution >= 0.6 is 0 Å². The Balaban J connectivity index is 2.01. The zero-order valence-electron chi connectivity index (χ0n) is 14.4. The molecule has 1 unspecified atom stereocenters. The number of Topliss-reactive ketones (excluding diaryl/α,β-unsaturated/α-hetero) is 1. The number of carbonyl (C=O) groups is 3. The number of carboxylic acid groups (broad SMARTS) is 1. The number of para-hydroxylation sites is 1. The van der Waals surface area contributed by atoms with Gasteiger partial charge in [0.15, 0.2) is 5.78 Å². The van der Waals surface area contributed by atoms with E-state index < -0.39 is 29.2 Å². The van der Waals surface area contributed by atoms with Gasteiger partial charge in [-0.25, -0.2) is 19.6 Å². The van der Waals surface area contributed by atoms with Crippen molar-refractivity contribution in [2.75, 3.05) is 5.01 Å². The van der Waals surface area contributed by atoms with Crippen molar-refractivity contribution in [1.29, 1.82) is 0 Å². The van der Waals surface area contributed by atoms with Gasteiger partial charge in [-0.15, -0.1) is 0 Å². The van der Waals surface area contributed by atoms with Gasteiger partial charge < -0.3 is 5.11 Å². The Morgan fingerprint density at radius 2 is 1.92 bits per heavy atom. The van der Waals surface area contributed by atoms with Gasteiger partial charge in [0.1, 0.15) is 17.4 Å². The molecule has 2 amide bonds. The minimum absolute atomic E-state index is 0.188. The summed E-state index contributed by atoms with van der Waals surface area (Å²) in [7, 11) is 0. The first kappa shape index (κ1) is 17.4. The molecule has 0 aromatic heterocycles. The van der Waals surface area contributed by atoms with Crippen molar-refractivity contribution in [1.82, 2.24) is 5.43 Å². The van der Waals surface area contributed by atoms with Crippen LogP contribution < -0.4 is 10.4 Å². The monoisotopic (exact) mass is 348 g/mol. The maximum absolute atomic E-state index is 14.1. The highest BCUT2D eigenvalue weighted by Gasteiger charge is 2.68. The number of benzene rings is 1. The molecule has 2 bridgehead atoms. The summed E-state index contributed by atoms with van der Waals surface area (Å²) in [6.45, 7) is 5.79. The van der Waals surface area contributed by atoms with Gasteiger partial charge in [0.05, 0.1) is 0 Å². The molecule has 2 N–H and O–H groups in total. The Bertz CT molecular complexity index is 763. The second-order valence-electron chi connectivity index (χ2n) is 7.58. The number of hydrazine groups is 1. The highest BCUT2D eigenvalue weighted by Crippen LogP contribution is 2.65.